The van der Waals surface area contributed by atoms with Crippen LogP contribution in [0.2, 0.25) is 0 Å². The van der Waals surface area contributed by atoms with Crippen LogP contribution in [-0.4, -0.2) is 52.1 Å². The van der Waals surface area contributed by atoms with Gasteiger partial charge in [0.15, 0.2) is 0 Å². The summed E-state index contributed by atoms with van der Waals surface area (Å²) in [6.07, 6.45) is 5.49. The molecule has 148 valence electrons. The topological polar surface area (TPSA) is 24.3 Å². The number of unbranched alkanes of at least 4 members (excludes halogenated alkanes) is 1. The summed E-state index contributed by atoms with van der Waals surface area (Å²) in [5.41, 5.74) is 2.03. The Morgan fingerprint density at radius 1 is 0.821 bits per heavy atom. The summed E-state index contributed by atoms with van der Waals surface area (Å²) in [4.78, 5) is 9.16. The van der Waals surface area contributed by atoms with E-state index in [1.165, 1.54) is 30.0 Å². The number of halogens is 2. The SMILES string of the molecule is Fc1ccc(CN2CCN(CCCCn3ccc4cc(F)cnc43)CC2)cc1. The molecule has 3 heterocycles. The van der Waals surface area contributed by atoms with E-state index >= 15 is 0 Å². The highest BCUT2D eigenvalue weighted by Gasteiger charge is 2.16. The molecule has 1 aliphatic heterocycles. The van der Waals surface area contributed by atoms with Gasteiger partial charge in [0.05, 0.1) is 6.20 Å². The second kappa shape index (κ2) is 8.80. The maximum absolute atomic E-state index is 13.2. The summed E-state index contributed by atoms with van der Waals surface area (Å²) in [6, 6.07) is 10.3. The minimum Gasteiger partial charge on any atom is -0.333 e. The van der Waals surface area contributed by atoms with Crippen molar-refractivity contribution in [2.75, 3.05) is 32.7 Å². The fourth-order valence-electron chi connectivity index (χ4n) is 3.87. The standard InChI is InChI=1S/C22H26F2N4/c23-20-5-3-18(4-6-20)17-27-13-11-26(12-14-27)8-1-2-9-28-10-7-19-15-21(24)16-25-22(19)28/h3-7,10,15-16H,1-2,8-9,11-14,17H2. The van der Waals surface area contributed by atoms with E-state index in [9.17, 15) is 8.78 Å². The predicted molar refractivity (Wildman–Crippen MR) is 107 cm³/mol. The molecule has 1 aromatic carbocycles. The van der Waals surface area contributed by atoms with Gasteiger partial charge in [-0.1, -0.05) is 12.1 Å². The van der Waals surface area contributed by atoms with Crippen molar-refractivity contribution in [2.24, 2.45) is 0 Å². The molecule has 0 radical (unpaired) electrons. The highest BCUT2D eigenvalue weighted by atomic mass is 19.1. The zero-order chi connectivity index (χ0) is 19.3. The van der Waals surface area contributed by atoms with Crippen molar-refractivity contribution in [3.63, 3.8) is 0 Å². The number of piperazine rings is 1. The van der Waals surface area contributed by atoms with Crippen LogP contribution >= 0.6 is 0 Å². The molecular weight excluding hydrogens is 358 g/mol. The van der Waals surface area contributed by atoms with Gasteiger partial charge in [0.2, 0.25) is 0 Å². The van der Waals surface area contributed by atoms with Gasteiger partial charge in [-0.25, -0.2) is 13.8 Å². The quantitative estimate of drug-likeness (QED) is 0.577. The highest BCUT2D eigenvalue weighted by molar-refractivity contribution is 5.75. The maximum Gasteiger partial charge on any atom is 0.142 e. The lowest BCUT2D eigenvalue weighted by molar-refractivity contribution is 0.125. The van der Waals surface area contributed by atoms with E-state index in [2.05, 4.69) is 19.4 Å². The van der Waals surface area contributed by atoms with Crippen molar-refractivity contribution < 1.29 is 8.78 Å². The van der Waals surface area contributed by atoms with Gasteiger partial charge in [-0.05, 0) is 49.2 Å². The molecule has 0 spiro atoms. The number of hydrogen-bond donors (Lipinski definition) is 0. The van der Waals surface area contributed by atoms with E-state index in [1.54, 1.807) is 0 Å². The van der Waals surface area contributed by atoms with Crippen molar-refractivity contribution in [1.82, 2.24) is 19.4 Å². The average Bonchev–Trinajstić information content (AvgIpc) is 3.10. The van der Waals surface area contributed by atoms with Crippen LogP contribution in [0.4, 0.5) is 8.78 Å². The lowest BCUT2D eigenvalue weighted by atomic mass is 10.2. The number of nitrogens with zero attached hydrogens (tertiary/aromatic N) is 4. The summed E-state index contributed by atoms with van der Waals surface area (Å²) in [5, 5.41) is 0.859. The van der Waals surface area contributed by atoms with Gasteiger partial charge in [-0.2, -0.15) is 0 Å². The smallest absolute Gasteiger partial charge is 0.142 e. The zero-order valence-electron chi connectivity index (χ0n) is 16.0. The van der Waals surface area contributed by atoms with Crippen molar-refractivity contribution in [1.29, 1.82) is 0 Å². The first-order valence-corrected chi connectivity index (χ1v) is 9.97. The number of fused-ring (bicyclic) bond motifs is 1. The molecule has 0 bridgehead atoms. The highest BCUT2D eigenvalue weighted by Crippen LogP contribution is 2.15. The summed E-state index contributed by atoms with van der Waals surface area (Å²) >= 11 is 0. The summed E-state index contributed by atoms with van der Waals surface area (Å²) < 4.78 is 28.3. The van der Waals surface area contributed by atoms with E-state index in [0.29, 0.717) is 0 Å². The zero-order valence-corrected chi connectivity index (χ0v) is 16.0. The molecule has 3 aromatic rings. The number of benzene rings is 1. The Bertz CT molecular complexity index is 899. The normalized spacial score (nSPS) is 16.1. The third kappa shape index (κ3) is 4.75. The van der Waals surface area contributed by atoms with Crippen molar-refractivity contribution >= 4 is 11.0 Å². The lowest BCUT2D eigenvalue weighted by Gasteiger charge is -2.34. The molecule has 1 aliphatic rings. The number of hydrogen-bond acceptors (Lipinski definition) is 3. The largest absolute Gasteiger partial charge is 0.333 e. The molecule has 1 fully saturated rings. The van der Waals surface area contributed by atoms with E-state index in [1.807, 2.05) is 24.4 Å². The Morgan fingerprint density at radius 2 is 1.54 bits per heavy atom. The Morgan fingerprint density at radius 3 is 2.32 bits per heavy atom. The fraction of sp³-hybridized carbons (Fsp3) is 0.409. The van der Waals surface area contributed by atoms with Gasteiger partial charge >= 0.3 is 0 Å². The summed E-state index contributed by atoms with van der Waals surface area (Å²) in [7, 11) is 0. The maximum atomic E-state index is 13.2. The molecule has 0 amide bonds. The van der Waals surface area contributed by atoms with Crippen molar-refractivity contribution in [2.45, 2.75) is 25.9 Å². The molecule has 0 aliphatic carbocycles. The second-order valence-corrected chi connectivity index (χ2v) is 7.53. The van der Waals surface area contributed by atoms with Crippen molar-refractivity contribution in [3.8, 4) is 0 Å². The minimum absolute atomic E-state index is 0.176. The van der Waals surface area contributed by atoms with Crippen LogP contribution in [0.15, 0.2) is 48.8 Å². The Labute approximate surface area is 164 Å². The third-order valence-corrected chi connectivity index (χ3v) is 5.48. The van der Waals surface area contributed by atoms with Gasteiger partial charge in [-0.3, -0.25) is 4.90 Å². The fourth-order valence-corrected chi connectivity index (χ4v) is 3.87. The van der Waals surface area contributed by atoms with Gasteiger partial charge in [0.25, 0.3) is 0 Å². The van der Waals surface area contributed by atoms with E-state index in [4.69, 9.17) is 0 Å². The molecular formula is C22H26F2N4. The first-order valence-electron chi connectivity index (χ1n) is 9.97. The number of rotatable bonds is 7. The second-order valence-electron chi connectivity index (χ2n) is 7.53. The molecule has 4 rings (SSSR count). The predicted octanol–water partition coefficient (Wildman–Crippen LogP) is 3.91. The molecule has 4 nitrogen and oxygen atoms in total. The molecule has 2 aromatic heterocycles. The van der Waals surface area contributed by atoms with Crippen LogP contribution in [0.25, 0.3) is 11.0 Å². The molecule has 0 unspecified atom stereocenters. The van der Waals surface area contributed by atoms with Crippen LogP contribution in [0.5, 0.6) is 0 Å². The first-order chi connectivity index (χ1) is 13.7. The van der Waals surface area contributed by atoms with Gasteiger partial charge in [0, 0.05) is 50.9 Å². The molecule has 6 heteroatoms. The van der Waals surface area contributed by atoms with Crippen molar-refractivity contribution in [3.05, 3.63) is 66.0 Å². The van der Waals surface area contributed by atoms with Crippen LogP contribution in [0, 0.1) is 11.6 Å². The molecule has 28 heavy (non-hydrogen) atoms. The van der Waals surface area contributed by atoms with E-state index in [0.717, 1.165) is 69.7 Å². The molecule has 1 saturated heterocycles. The van der Waals surface area contributed by atoms with E-state index < -0.39 is 0 Å². The average molecular weight is 384 g/mol. The Hall–Kier alpha value is -2.31. The van der Waals surface area contributed by atoms with Gasteiger partial charge in [-0.15, -0.1) is 0 Å². The van der Waals surface area contributed by atoms with Gasteiger partial charge in [0.1, 0.15) is 17.3 Å². The Balaban J connectivity index is 1.17. The summed E-state index contributed by atoms with van der Waals surface area (Å²) in [5.74, 6) is -0.465. The molecule has 0 saturated carbocycles. The number of aromatic nitrogens is 2. The minimum atomic E-state index is -0.288. The van der Waals surface area contributed by atoms with E-state index in [-0.39, 0.29) is 11.6 Å². The first kappa shape index (κ1) is 19.0. The monoisotopic (exact) mass is 384 g/mol. The number of pyridine rings is 1. The third-order valence-electron chi connectivity index (χ3n) is 5.48. The van der Waals surface area contributed by atoms with Crippen LogP contribution in [-0.2, 0) is 13.1 Å². The number of aryl methyl sites for hydroxylation is 1. The van der Waals surface area contributed by atoms with Crippen LogP contribution in [0.3, 0.4) is 0 Å². The lowest BCUT2D eigenvalue weighted by Crippen LogP contribution is -2.46. The molecule has 0 N–H and O–H groups in total. The Kier molecular flexibility index (Phi) is 5.98. The van der Waals surface area contributed by atoms with Gasteiger partial charge < -0.3 is 9.47 Å². The molecule has 0 atom stereocenters. The summed E-state index contributed by atoms with van der Waals surface area (Å²) in [6.45, 7) is 7.16. The van der Waals surface area contributed by atoms with Crippen LogP contribution in [0.1, 0.15) is 18.4 Å². The van der Waals surface area contributed by atoms with Crippen LogP contribution < -0.4 is 0 Å².